The van der Waals surface area contributed by atoms with Crippen molar-refractivity contribution in [1.82, 2.24) is 15.1 Å². The van der Waals surface area contributed by atoms with E-state index >= 15 is 0 Å². The molecule has 1 aliphatic rings. The van der Waals surface area contributed by atoms with Crippen LogP contribution in [0.3, 0.4) is 0 Å². The molecule has 0 radical (unpaired) electrons. The third kappa shape index (κ3) is 1.99. The lowest BCUT2D eigenvalue weighted by Crippen LogP contribution is -2.26. The fourth-order valence-corrected chi connectivity index (χ4v) is 2.30. The molecule has 1 aromatic heterocycles. The van der Waals surface area contributed by atoms with Crippen molar-refractivity contribution in [2.24, 2.45) is 0 Å². The van der Waals surface area contributed by atoms with Gasteiger partial charge in [-0.25, -0.2) is 0 Å². The van der Waals surface area contributed by atoms with Gasteiger partial charge in [-0.2, -0.15) is 5.10 Å². The van der Waals surface area contributed by atoms with Gasteiger partial charge in [-0.1, -0.05) is 20.8 Å². The molecule has 4 heteroatoms. The third-order valence-electron chi connectivity index (χ3n) is 3.03. The second-order valence-corrected chi connectivity index (χ2v) is 5.40. The van der Waals surface area contributed by atoms with E-state index in [0.717, 1.165) is 19.5 Å². The van der Waals surface area contributed by atoms with E-state index in [9.17, 15) is 0 Å². The van der Waals surface area contributed by atoms with Crippen LogP contribution < -0.4 is 5.32 Å². The second-order valence-electron chi connectivity index (χ2n) is 5.40. The van der Waals surface area contributed by atoms with E-state index in [0.29, 0.717) is 6.54 Å². The fraction of sp³-hybridized carbons (Fsp3) is 0.750. The van der Waals surface area contributed by atoms with Crippen molar-refractivity contribution in [3.8, 4) is 0 Å². The molecule has 0 saturated carbocycles. The summed E-state index contributed by atoms with van der Waals surface area (Å²) in [6.07, 6.45) is 1.01. The molecule has 2 rings (SSSR count). The summed E-state index contributed by atoms with van der Waals surface area (Å²) in [6, 6.07) is 0. The lowest BCUT2D eigenvalue weighted by atomic mass is 9.88. The van der Waals surface area contributed by atoms with Crippen molar-refractivity contribution >= 4 is 0 Å². The van der Waals surface area contributed by atoms with Crippen LogP contribution in [0, 0.1) is 0 Å². The summed E-state index contributed by atoms with van der Waals surface area (Å²) in [7, 11) is 0. The zero-order valence-corrected chi connectivity index (χ0v) is 10.4. The van der Waals surface area contributed by atoms with Gasteiger partial charge in [0.25, 0.3) is 0 Å². The van der Waals surface area contributed by atoms with Crippen LogP contribution in [0.1, 0.15) is 37.7 Å². The Balaban J connectivity index is 2.46. The number of aromatic nitrogens is 2. The van der Waals surface area contributed by atoms with Crippen molar-refractivity contribution in [3.63, 3.8) is 0 Å². The summed E-state index contributed by atoms with van der Waals surface area (Å²) < 4.78 is 1.98. The van der Waals surface area contributed by atoms with Crippen LogP contribution in [0.25, 0.3) is 0 Å². The number of aliphatic hydroxyl groups is 1. The Morgan fingerprint density at radius 1 is 1.44 bits per heavy atom. The van der Waals surface area contributed by atoms with Gasteiger partial charge in [-0.15, -0.1) is 0 Å². The van der Waals surface area contributed by atoms with Gasteiger partial charge in [0, 0.05) is 36.2 Å². The van der Waals surface area contributed by atoms with Crippen LogP contribution in [-0.2, 0) is 24.9 Å². The highest BCUT2D eigenvalue weighted by Gasteiger charge is 2.27. The number of rotatable bonds is 2. The zero-order valence-electron chi connectivity index (χ0n) is 10.4. The molecule has 1 aliphatic heterocycles. The smallest absolute Gasteiger partial charge is 0.0725 e. The third-order valence-corrected chi connectivity index (χ3v) is 3.03. The lowest BCUT2D eigenvalue weighted by Gasteiger charge is -2.20. The molecule has 90 valence electrons. The van der Waals surface area contributed by atoms with Crippen LogP contribution >= 0.6 is 0 Å². The van der Waals surface area contributed by atoms with Gasteiger partial charge in [0.1, 0.15) is 0 Å². The molecule has 0 atom stereocenters. The van der Waals surface area contributed by atoms with E-state index in [1.807, 2.05) is 4.68 Å². The van der Waals surface area contributed by atoms with Crippen LogP contribution in [0.5, 0.6) is 0 Å². The van der Waals surface area contributed by atoms with Gasteiger partial charge in [-0.3, -0.25) is 4.68 Å². The quantitative estimate of drug-likeness (QED) is 0.780. The highest BCUT2D eigenvalue weighted by molar-refractivity contribution is 5.33. The molecule has 0 amide bonds. The van der Waals surface area contributed by atoms with Gasteiger partial charge in [-0.05, 0) is 0 Å². The Bertz CT molecular complexity index is 376. The summed E-state index contributed by atoms with van der Waals surface area (Å²) in [5, 5.41) is 17.1. The van der Waals surface area contributed by atoms with Crippen molar-refractivity contribution in [2.45, 2.75) is 45.7 Å². The van der Waals surface area contributed by atoms with Crippen LogP contribution in [-0.4, -0.2) is 28.0 Å². The molecule has 0 spiro atoms. The van der Waals surface area contributed by atoms with Gasteiger partial charge in [0.2, 0.25) is 0 Å². The molecule has 0 aliphatic carbocycles. The molecule has 1 aromatic rings. The Morgan fingerprint density at radius 3 is 2.81 bits per heavy atom. The Hall–Kier alpha value is -0.870. The molecule has 0 saturated heterocycles. The molecule has 0 bridgehead atoms. The molecular formula is C12H21N3O. The second kappa shape index (κ2) is 4.18. The Morgan fingerprint density at radius 2 is 2.19 bits per heavy atom. The maximum Gasteiger partial charge on any atom is 0.0725 e. The van der Waals surface area contributed by atoms with Crippen LogP contribution in [0.15, 0.2) is 0 Å². The van der Waals surface area contributed by atoms with E-state index in [-0.39, 0.29) is 12.0 Å². The first kappa shape index (κ1) is 11.6. The van der Waals surface area contributed by atoms with Crippen molar-refractivity contribution < 1.29 is 5.11 Å². The number of nitrogens with one attached hydrogen (secondary N) is 1. The average Bonchev–Trinajstić information content (AvgIpc) is 2.58. The van der Waals surface area contributed by atoms with Crippen molar-refractivity contribution in [2.75, 3.05) is 13.2 Å². The van der Waals surface area contributed by atoms with E-state index in [2.05, 4.69) is 31.2 Å². The van der Waals surface area contributed by atoms with E-state index in [1.165, 1.54) is 17.0 Å². The first-order valence-electron chi connectivity index (χ1n) is 5.94. The minimum absolute atomic E-state index is 0.0732. The Kier molecular flexibility index (Phi) is 3.04. The predicted octanol–water partition coefficient (Wildman–Crippen LogP) is 0.819. The summed E-state index contributed by atoms with van der Waals surface area (Å²) in [6.45, 7) is 9.25. The number of hydrogen-bond acceptors (Lipinski definition) is 3. The summed E-state index contributed by atoms with van der Waals surface area (Å²) in [5.41, 5.74) is 3.89. The molecule has 4 nitrogen and oxygen atoms in total. The van der Waals surface area contributed by atoms with Crippen LogP contribution in [0.4, 0.5) is 0 Å². The molecule has 2 N–H and O–H groups in total. The standard InChI is InChI=1S/C12H21N3O/c1-12(2,3)11-9-8-13-5-4-10(9)15(14-11)6-7-16/h13,16H,4-8H2,1-3H3. The van der Waals surface area contributed by atoms with Crippen LogP contribution in [0.2, 0.25) is 0 Å². The molecule has 0 unspecified atom stereocenters. The average molecular weight is 223 g/mol. The highest BCUT2D eigenvalue weighted by atomic mass is 16.3. The molecule has 0 fully saturated rings. The van der Waals surface area contributed by atoms with E-state index in [1.54, 1.807) is 0 Å². The van der Waals surface area contributed by atoms with E-state index in [4.69, 9.17) is 5.11 Å². The van der Waals surface area contributed by atoms with E-state index < -0.39 is 0 Å². The maximum absolute atomic E-state index is 9.06. The minimum atomic E-state index is 0.0732. The first-order chi connectivity index (χ1) is 7.54. The monoisotopic (exact) mass is 223 g/mol. The van der Waals surface area contributed by atoms with Gasteiger partial charge in [0.15, 0.2) is 0 Å². The normalized spacial score (nSPS) is 16.2. The summed E-state index contributed by atoms with van der Waals surface area (Å²) in [5.74, 6) is 0. The number of hydrogen-bond donors (Lipinski definition) is 2. The minimum Gasteiger partial charge on any atom is -0.394 e. The number of nitrogens with zero attached hydrogens (tertiary/aromatic N) is 2. The summed E-state index contributed by atoms with van der Waals surface area (Å²) >= 11 is 0. The predicted molar refractivity (Wildman–Crippen MR) is 63.4 cm³/mol. The first-order valence-corrected chi connectivity index (χ1v) is 5.94. The van der Waals surface area contributed by atoms with Crippen molar-refractivity contribution in [1.29, 1.82) is 0 Å². The van der Waals surface area contributed by atoms with Gasteiger partial charge < -0.3 is 10.4 Å². The zero-order chi connectivity index (χ0) is 11.8. The summed E-state index contributed by atoms with van der Waals surface area (Å²) in [4.78, 5) is 0. The molecule has 2 heterocycles. The number of aliphatic hydroxyl groups excluding tert-OH is 1. The maximum atomic E-state index is 9.06. The lowest BCUT2D eigenvalue weighted by molar-refractivity contribution is 0.266. The molecule has 16 heavy (non-hydrogen) atoms. The molecule has 0 aromatic carbocycles. The largest absolute Gasteiger partial charge is 0.394 e. The van der Waals surface area contributed by atoms with Gasteiger partial charge in [0.05, 0.1) is 18.8 Å². The van der Waals surface area contributed by atoms with Crippen molar-refractivity contribution in [3.05, 3.63) is 17.0 Å². The highest BCUT2D eigenvalue weighted by Crippen LogP contribution is 2.28. The topological polar surface area (TPSA) is 50.1 Å². The SMILES string of the molecule is CC(C)(C)c1nn(CCO)c2c1CNCC2. The molecular weight excluding hydrogens is 202 g/mol. The fourth-order valence-electron chi connectivity index (χ4n) is 2.30. The van der Waals surface area contributed by atoms with Gasteiger partial charge >= 0.3 is 0 Å². The Labute approximate surface area is 96.7 Å². The number of fused-ring (bicyclic) bond motifs is 1.